The first kappa shape index (κ1) is 9.34. The van der Waals surface area contributed by atoms with Crippen molar-refractivity contribution in [3.63, 3.8) is 0 Å². The summed E-state index contributed by atoms with van der Waals surface area (Å²) < 4.78 is 15.9. The van der Waals surface area contributed by atoms with Gasteiger partial charge >= 0.3 is 0 Å². The van der Waals surface area contributed by atoms with E-state index >= 15 is 0 Å². The Morgan fingerprint density at radius 3 is 2.07 bits per heavy atom. The summed E-state index contributed by atoms with van der Waals surface area (Å²) in [5.74, 6) is 1.70. The molecule has 2 rings (SSSR count). The Kier molecular flexibility index (Phi) is 2.33. The van der Waals surface area contributed by atoms with Gasteiger partial charge in [0.15, 0.2) is 0 Å². The van der Waals surface area contributed by atoms with Crippen LogP contribution in [0.5, 0.6) is 11.5 Å². The van der Waals surface area contributed by atoms with E-state index in [0.29, 0.717) is 0 Å². The standard InChI is InChI=1S/C11H14O3/c1-7-4-8(12-2)11(10-6-14-10)9(5-7)13-3/h4-5,10H,6H2,1-3H3/t10-/m0/s1. The molecule has 3 heteroatoms. The Morgan fingerprint density at radius 1 is 1.21 bits per heavy atom. The first-order valence-electron chi connectivity index (χ1n) is 4.60. The van der Waals surface area contributed by atoms with E-state index in [-0.39, 0.29) is 6.10 Å². The second kappa shape index (κ2) is 3.50. The van der Waals surface area contributed by atoms with Gasteiger partial charge in [0.2, 0.25) is 0 Å². The van der Waals surface area contributed by atoms with E-state index in [1.165, 1.54) is 0 Å². The third kappa shape index (κ3) is 1.55. The second-order valence-electron chi connectivity index (χ2n) is 3.41. The second-order valence-corrected chi connectivity index (χ2v) is 3.41. The van der Waals surface area contributed by atoms with Crippen LogP contribution in [0.15, 0.2) is 12.1 Å². The van der Waals surface area contributed by atoms with Crippen LogP contribution in [0.2, 0.25) is 0 Å². The van der Waals surface area contributed by atoms with Gasteiger partial charge in [-0.15, -0.1) is 0 Å². The number of ether oxygens (including phenoxy) is 3. The van der Waals surface area contributed by atoms with E-state index in [0.717, 1.165) is 29.2 Å². The Balaban J connectivity index is 2.50. The number of benzene rings is 1. The van der Waals surface area contributed by atoms with Crippen molar-refractivity contribution in [1.82, 2.24) is 0 Å². The number of epoxide rings is 1. The topological polar surface area (TPSA) is 31.0 Å². The van der Waals surface area contributed by atoms with Gasteiger partial charge in [0, 0.05) is 0 Å². The first-order valence-corrected chi connectivity index (χ1v) is 4.60. The highest BCUT2D eigenvalue weighted by Gasteiger charge is 2.31. The van der Waals surface area contributed by atoms with Crippen molar-refractivity contribution in [2.24, 2.45) is 0 Å². The minimum Gasteiger partial charge on any atom is -0.496 e. The van der Waals surface area contributed by atoms with Crippen molar-refractivity contribution in [2.45, 2.75) is 13.0 Å². The van der Waals surface area contributed by atoms with E-state index in [9.17, 15) is 0 Å². The summed E-state index contributed by atoms with van der Waals surface area (Å²) in [4.78, 5) is 0. The van der Waals surface area contributed by atoms with Gasteiger partial charge in [0.1, 0.15) is 17.6 Å². The highest BCUT2D eigenvalue weighted by atomic mass is 16.6. The molecule has 0 bridgehead atoms. The third-order valence-electron chi connectivity index (χ3n) is 2.34. The quantitative estimate of drug-likeness (QED) is 0.690. The number of aryl methyl sites for hydroxylation is 1. The van der Waals surface area contributed by atoms with Crippen molar-refractivity contribution in [1.29, 1.82) is 0 Å². The van der Waals surface area contributed by atoms with E-state index < -0.39 is 0 Å². The molecule has 3 nitrogen and oxygen atoms in total. The number of hydrogen-bond acceptors (Lipinski definition) is 3. The molecule has 0 aromatic heterocycles. The number of hydrogen-bond donors (Lipinski definition) is 0. The lowest BCUT2D eigenvalue weighted by Gasteiger charge is -2.12. The molecule has 1 aromatic rings. The van der Waals surface area contributed by atoms with Crippen molar-refractivity contribution < 1.29 is 14.2 Å². The van der Waals surface area contributed by atoms with Crippen molar-refractivity contribution in [2.75, 3.05) is 20.8 Å². The summed E-state index contributed by atoms with van der Waals surface area (Å²) in [6, 6.07) is 4.00. The predicted molar refractivity (Wildman–Crippen MR) is 53.0 cm³/mol. The minimum atomic E-state index is 0.153. The van der Waals surface area contributed by atoms with E-state index in [2.05, 4.69) is 0 Å². The first-order chi connectivity index (χ1) is 6.76. The van der Waals surface area contributed by atoms with Gasteiger partial charge in [0.25, 0.3) is 0 Å². The molecule has 0 N–H and O–H groups in total. The Bertz CT molecular complexity index is 317. The molecule has 0 amide bonds. The van der Waals surface area contributed by atoms with Crippen LogP contribution in [0.4, 0.5) is 0 Å². The zero-order valence-corrected chi connectivity index (χ0v) is 8.66. The molecule has 1 aliphatic rings. The van der Waals surface area contributed by atoms with Gasteiger partial charge in [-0.1, -0.05) is 0 Å². The fraction of sp³-hybridized carbons (Fsp3) is 0.455. The number of methoxy groups -OCH3 is 2. The molecular formula is C11H14O3. The van der Waals surface area contributed by atoms with Gasteiger partial charge < -0.3 is 14.2 Å². The molecule has 14 heavy (non-hydrogen) atoms. The monoisotopic (exact) mass is 194 g/mol. The Labute approximate surface area is 83.6 Å². The van der Waals surface area contributed by atoms with Crippen LogP contribution < -0.4 is 9.47 Å². The number of rotatable bonds is 3. The van der Waals surface area contributed by atoms with Crippen LogP contribution in [0, 0.1) is 6.92 Å². The van der Waals surface area contributed by atoms with Crippen LogP contribution in [0.1, 0.15) is 17.2 Å². The summed E-state index contributed by atoms with van der Waals surface area (Å²) >= 11 is 0. The van der Waals surface area contributed by atoms with E-state index in [4.69, 9.17) is 14.2 Å². The summed E-state index contributed by atoms with van der Waals surface area (Å²) in [5, 5.41) is 0. The molecule has 1 heterocycles. The molecule has 1 aliphatic heterocycles. The normalized spacial score (nSPS) is 19.2. The molecule has 0 spiro atoms. The van der Waals surface area contributed by atoms with E-state index in [1.54, 1.807) is 14.2 Å². The highest BCUT2D eigenvalue weighted by molar-refractivity contribution is 5.50. The van der Waals surface area contributed by atoms with Crippen LogP contribution in [-0.2, 0) is 4.74 Å². The Morgan fingerprint density at radius 2 is 1.71 bits per heavy atom. The lowest BCUT2D eigenvalue weighted by Crippen LogP contribution is -1.96. The summed E-state index contributed by atoms with van der Waals surface area (Å²) in [6.45, 7) is 2.78. The van der Waals surface area contributed by atoms with Gasteiger partial charge in [-0.2, -0.15) is 0 Å². The molecule has 76 valence electrons. The van der Waals surface area contributed by atoms with Crippen LogP contribution in [0.3, 0.4) is 0 Å². The lowest BCUT2D eigenvalue weighted by atomic mass is 10.1. The molecule has 1 aromatic carbocycles. The summed E-state index contributed by atoms with van der Waals surface area (Å²) in [5.41, 5.74) is 2.16. The molecule has 0 aliphatic carbocycles. The maximum absolute atomic E-state index is 5.31. The average molecular weight is 194 g/mol. The molecule has 1 fully saturated rings. The predicted octanol–water partition coefficient (Wildman–Crippen LogP) is 2.08. The molecule has 1 atom stereocenters. The minimum absolute atomic E-state index is 0.153. The zero-order valence-electron chi connectivity index (χ0n) is 8.66. The molecule has 1 saturated heterocycles. The maximum Gasteiger partial charge on any atom is 0.128 e. The molecular weight excluding hydrogens is 180 g/mol. The third-order valence-corrected chi connectivity index (χ3v) is 2.34. The molecule has 0 radical (unpaired) electrons. The van der Waals surface area contributed by atoms with Crippen LogP contribution >= 0.6 is 0 Å². The average Bonchev–Trinajstić information content (AvgIpc) is 2.99. The highest BCUT2D eigenvalue weighted by Crippen LogP contribution is 2.42. The van der Waals surface area contributed by atoms with Gasteiger partial charge in [-0.05, 0) is 24.6 Å². The van der Waals surface area contributed by atoms with Crippen LogP contribution in [0.25, 0.3) is 0 Å². The Hall–Kier alpha value is -1.22. The van der Waals surface area contributed by atoms with Gasteiger partial charge in [-0.25, -0.2) is 0 Å². The largest absolute Gasteiger partial charge is 0.496 e. The van der Waals surface area contributed by atoms with Crippen molar-refractivity contribution >= 4 is 0 Å². The fourth-order valence-electron chi connectivity index (χ4n) is 1.60. The van der Waals surface area contributed by atoms with Crippen molar-refractivity contribution in [3.05, 3.63) is 23.3 Å². The van der Waals surface area contributed by atoms with E-state index in [1.807, 2.05) is 19.1 Å². The van der Waals surface area contributed by atoms with Gasteiger partial charge in [0.05, 0.1) is 26.4 Å². The fourth-order valence-corrected chi connectivity index (χ4v) is 1.60. The summed E-state index contributed by atoms with van der Waals surface area (Å²) in [6.07, 6.45) is 0.153. The maximum atomic E-state index is 5.31. The van der Waals surface area contributed by atoms with Gasteiger partial charge in [-0.3, -0.25) is 0 Å². The SMILES string of the molecule is COc1cc(C)cc(OC)c1[C@@H]1CO1. The zero-order chi connectivity index (χ0) is 10.1. The lowest BCUT2D eigenvalue weighted by molar-refractivity contribution is 0.359. The smallest absolute Gasteiger partial charge is 0.128 e. The molecule has 0 saturated carbocycles. The summed E-state index contributed by atoms with van der Waals surface area (Å²) in [7, 11) is 3.33. The van der Waals surface area contributed by atoms with Crippen LogP contribution in [-0.4, -0.2) is 20.8 Å². The molecule has 0 unspecified atom stereocenters. The van der Waals surface area contributed by atoms with Crippen molar-refractivity contribution in [3.8, 4) is 11.5 Å².